The fourth-order valence-corrected chi connectivity index (χ4v) is 4.19. The van der Waals surface area contributed by atoms with Crippen LogP contribution in [0.3, 0.4) is 0 Å². The van der Waals surface area contributed by atoms with Crippen molar-refractivity contribution in [2.45, 2.75) is 12.8 Å². The van der Waals surface area contributed by atoms with Gasteiger partial charge in [-0.1, -0.05) is 12.1 Å². The van der Waals surface area contributed by atoms with Gasteiger partial charge in [0.2, 0.25) is 0 Å². The molecule has 30 heavy (non-hydrogen) atoms. The van der Waals surface area contributed by atoms with Crippen molar-refractivity contribution in [3.63, 3.8) is 0 Å². The lowest BCUT2D eigenvalue weighted by molar-refractivity contribution is 0.0748. The third-order valence-electron chi connectivity index (χ3n) is 5.32. The number of ether oxygens (including phenoxy) is 2. The Morgan fingerprint density at radius 3 is 2.87 bits per heavy atom. The normalized spacial score (nSPS) is 14.2. The second kappa shape index (κ2) is 8.92. The van der Waals surface area contributed by atoms with E-state index in [-0.39, 0.29) is 5.91 Å². The van der Waals surface area contributed by atoms with Gasteiger partial charge >= 0.3 is 0 Å². The number of amides is 1. The highest BCUT2D eigenvalue weighted by Gasteiger charge is 2.21. The summed E-state index contributed by atoms with van der Waals surface area (Å²) in [5.41, 5.74) is 3.78. The predicted octanol–water partition coefficient (Wildman–Crippen LogP) is 4.33. The summed E-state index contributed by atoms with van der Waals surface area (Å²) < 4.78 is 14.1. The van der Waals surface area contributed by atoms with E-state index in [0.717, 1.165) is 39.9 Å². The summed E-state index contributed by atoms with van der Waals surface area (Å²) in [4.78, 5) is 15.1. The van der Waals surface area contributed by atoms with E-state index in [9.17, 15) is 4.79 Å². The van der Waals surface area contributed by atoms with E-state index in [4.69, 9.17) is 9.47 Å². The molecule has 0 fully saturated rings. The highest BCUT2D eigenvalue weighted by atomic mass is 79.9. The Kier molecular flexibility index (Phi) is 6.08. The summed E-state index contributed by atoms with van der Waals surface area (Å²) in [6.45, 7) is 1.77. The summed E-state index contributed by atoms with van der Waals surface area (Å²) in [5.74, 6) is 1.48. The van der Waals surface area contributed by atoms with E-state index in [2.05, 4.69) is 27.1 Å². The van der Waals surface area contributed by atoms with Crippen molar-refractivity contribution in [3.8, 4) is 22.8 Å². The molecule has 2 heterocycles. The minimum Gasteiger partial charge on any atom is -0.496 e. The average Bonchev–Trinajstić information content (AvgIpc) is 3.11. The van der Waals surface area contributed by atoms with Crippen molar-refractivity contribution in [3.05, 3.63) is 64.3 Å². The molecule has 0 saturated heterocycles. The number of hydrogen-bond acceptors (Lipinski definition) is 4. The summed E-state index contributed by atoms with van der Waals surface area (Å²) in [6, 6.07) is 13.5. The Balaban J connectivity index is 1.64. The van der Waals surface area contributed by atoms with Crippen LogP contribution < -0.4 is 9.47 Å². The number of nitrogens with zero attached hydrogens (tertiary/aromatic N) is 3. The maximum absolute atomic E-state index is 13.3. The van der Waals surface area contributed by atoms with Gasteiger partial charge in [0, 0.05) is 31.3 Å². The number of benzene rings is 2. The van der Waals surface area contributed by atoms with Crippen molar-refractivity contribution >= 4 is 21.8 Å². The van der Waals surface area contributed by atoms with Gasteiger partial charge in [-0.15, -0.1) is 0 Å². The third-order valence-corrected chi connectivity index (χ3v) is 5.98. The van der Waals surface area contributed by atoms with Gasteiger partial charge in [0.05, 0.1) is 30.1 Å². The number of rotatable bonds is 2. The van der Waals surface area contributed by atoms with Crippen LogP contribution >= 0.6 is 15.9 Å². The number of aryl methyl sites for hydroxylation is 1. The van der Waals surface area contributed by atoms with E-state index in [1.165, 1.54) is 0 Å². The molecule has 0 bridgehead atoms. The minimum absolute atomic E-state index is 0.0111. The number of methoxy groups -OCH3 is 1. The largest absolute Gasteiger partial charge is 0.496 e. The summed E-state index contributed by atoms with van der Waals surface area (Å²) in [7, 11) is 3.53. The molecular weight excluding hydrogens is 446 g/mol. The average molecular weight is 470 g/mol. The predicted molar refractivity (Wildman–Crippen MR) is 119 cm³/mol. The number of carbonyl (C=O) groups is 1. The first-order valence-electron chi connectivity index (χ1n) is 9.94. The number of fused-ring (bicyclic) bond motifs is 3. The van der Waals surface area contributed by atoms with Crippen LogP contribution in [-0.4, -0.2) is 47.4 Å². The standard InChI is InChI=1S/C23H24BrN3O3/c1-26-22-17(15-25-26)10-12-27(11-5-13-30-20-7-4-3-6-18(20)22)23(28)16-8-9-19(24)21(14-16)29-2/h3-4,6-9,14-15H,5,10-13H2,1-2H3. The van der Waals surface area contributed by atoms with Gasteiger partial charge in [0.25, 0.3) is 5.91 Å². The van der Waals surface area contributed by atoms with Crippen LogP contribution in [0, 0.1) is 0 Å². The molecule has 0 atom stereocenters. The highest BCUT2D eigenvalue weighted by Crippen LogP contribution is 2.33. The Labute approximate surface area is 184 Å². The molecule has 1 aliphatic heterocycles. The quantitative estimate of drug-likeness (QED) is 0.560. The molecule has 0 radical (unpaired) electrons. The zero-order chi connectivity index (χ0) is 21.1. The number of halogens is 1. The van der Waals surface area contributed by atoms with Crippen molar-refractivity contribution in [1.29, 1.82) is 0 Å². The van der Waals surface area contributed by atoms with Gasteiger partial charge in [-0.3, -0.25) is 9.48 Å². The lowest BCUT2D eigenvalue weighted by Gasteiger charge is -2.23. The maximum atomic E-state index is 13.3. The molecule has 7 heteroatoms. The SMILES string of the molecule is COc1cc(C(=O)N2CCCOc3ccccc3-c3c(cnn3C)CC2)ccc1Br. The summed E-state index contributed by atoms with van der Waals surface area (Å²) in [6.07, 6.45) is 3.36. The Bertz CT molecular complexity index is 1060. The van der Waals surface area contributed by atoms with Crippen molar-refractivity contribution in [2.24, 2.45) is 7.05 Å². The van der Waals surface area contributed by atoms with E-state index in [0.29, 0.717) is 31.0 Å². The Morgan fingerprint density at radius 2 is 2.03 bits per heavy atom. The lowest BCUT2D eigenvalue weighted by atomic mass is 10.0. The maximum Gasteiger partial charge on any atom is 0.254 e. The first-order chi connectivity index (χ1) is 14.6. The van der Waals surface area contributed by atoms with Crippen LogP contribution in [0.15, 0.2) is 53.1 Å². The second-order valence-corrected chi connectivity index (χ2v) is 8.09. The van der Waals surface area contributed by atoms with Crippen LogP contribution in [0.2, 0.25) is 0 Å². The molecule has 0 aliphatic carbocycles. The highest BCUT2D eigenvalue weighted by molar-refractivity contribution is 9.10. The van der Waals surface area contributed by atoms with Crippen LogP contribution in [-0.2, 0) is 13.5 Å². The van der Waals surface area contributed by atoms with Gasteiger partial charge in [-0.25, -0.2) is 0 Å². The molecule has 0 N–H and O–H groups in total. The smallest absolute Gasteiger partial charge is 0.254 e. The van der Waals surface area contributed by atoms with Crippen LogP contribution in [0.25, 0.3) is 11.3 Å². The molecule has 1 aliphatic rings. The second-order valence-electron chi connectivity index (χ2n) is 7.23. The monoisotopic (exact) mass is 469 g/mol. The molecule has 2 aromatic carbocycles. The van der Waals surface area contributed by atoms with E-state index in [1.54, 1.807) is 13.2 Å². The van der Waals surface area contributed by atoms with Gasteiger partial charge in [0.15, 0.2) is 0 Å². The summed E-state index contributed by atoms with van der Waals surface area (Å²) in [5, 5.41) is 4.46. The molecule has 1 aromatic heterocycles. The summed E-state index contributed by atoms with van der Waals surface area (Å²) >= 11 is 3.45. The molecule has 0 spiro atoms. The van der Waals surface area contributed by atoms with Gasteiger partial charge in [0.1, 0.15) is 11.5 Å². The lowest BCUT2D eigenvalue weighted by Crippen LogP contribution is -2.34. The van der Waals surface area contributed by atoms with E-state index < -0.39 is 0 Å². The number of aromatic nitrogens is 2. The van der Waals surface area contributed by atoms with Gasteiger partial charge < -0.3 is 14.4 Å². The molecule has 1 amide bonds. The van der Waals surface area contributed by atoms with E-state index >= 15 is 0 Å². The van der Waals surface area contributed by atoms with Gasteiger partial charge in [-0.05, 0) is 64.7 Å². The topological polar surface area (TPSA) is 56.6 Å². The van der Waals surface area contributed by atoms with Crippen LogP contribution in [0.5, 0.6) is 11.5 Å². The molecule has 3 aromatic rings. The Hall–Kier alpha value is -2.80. The third kappa shape index (κ3) is 4.07. The molecule has 0 saturated carbocycles. The van der Waals surface area contributed by atoms with Crippen LogP contribution in [0.1, 0.15) is 22.3 Å². The first-order valence-corrected chi connectivity index (χ1v) is 10.7. The molecule has 4 rings (SSSR count). The fraction of sp³-hybridized carbons (Fsp3) is 0.304. The number of carbonyl (C=O) groups excluding carboxylic acids is 1. The van der Waals surface area contributed by atoms with Crippen molar-refractivity contribution in [2.75, 3.05) is 26.8 Å². The van der Waals surface area contributed by atoms with E-state index in [1.807, 2.05) is 53.2 Å². The van der Waals surface area contributed by atoms with Gasteiger partial charge in [-0.2, -0.15) is 5.10 Å². The Morgan fingerprint density at radius 1 is 1.20 bits per heavy atom. The molecule has 0 unspecified atom stereocenters. The molecule has 156 valence electrons. The first kappa shape index (κ1) is 20.5. The minimum atomic E-state index is -0.0111. The zero-order valence-electron chi connectivity index (χ0n) is 17.1. The molecule has 6 nitrogen and oxygen atoms in total. The fourth-order valence-electron chi connectivity index (χ4n) is 3.78. The van der Waals surface area contributed by atoms with Crippen molar-refractivity contribution < 1.29 is 14.3 Å². The van der Waals surface area contributed by atoms with Crippen LogP contribution in [0.4, 0.5) is 0 Å². The zero-order valence-corrected chi connectivity index (χ0v) is 18.7. The molecular formula is C23H24BrN3O3. The number of hydrogen-bond donors (Lipinski definition) is 0. The number of para-hydroxylation sites is 1. The van der Waals surface area contributed by atoms with Crippen molar-refractivity contribution in [1.82, 2.24) is 14.7 Å².